The van der Waals surface area contributed by atoms with Crippen molar-refractivity contribution >= 4 is 5.91 Å². The Morgan fingerprint density at radius 2 is 1.77 bits per heavy atom. The number of ether oxygens (including phenoxy) is 3. The minimum atomic E-state index is 0.134. The van der Waals surface area contributed by atoms with Crippen molar-refractivity contribution in [2.45, 2.75) is 26.3 Å². The summed E-state index contributed by atoms with van der Waals surface area (Å²) in [5, 5.41) is 0. The van der Waals surface area contributed by atoms with Gasteiger partial charge in [0.1, 0.15) is 5.75 Å². The molecule has 162 valence electrons. The number of hydrogen-bond acceptors (Lipinski definition) is 5. The van der Waals surface area contributed by atoms with Gasteiger partial charge in [0.15, 0.2) is 11.5 Å². The third-order valence-electron chi connectivity index (χ3n) is 5.68. The number of amides is 1. The van der Waals surface area contributed by atoms with Gasteiger partial charge in [-0.3, -0.25) is 9.69 Å². The number of rotatable bonds is 8. The van der Waals surface area contributed by atoms with E-state index in [1.807, 2.05) is 42.2 Å². The molecule has 1 amide bonds. The van der Waals surface area contributed by atoms with Crippen molar-refractivity contribution in [3.63, 3.8) is 0 Å². The van der Waals surface area contributed by atoms with Gasteiger partial charge in [-0.15, -0.1) is 0 Å². The molecule has 1 atom stereocenters. The van der Waals surface area contributed by atoms with Gasteiger partial charge in [0.25, 0.3) is 0 Å². The van der Waals surface area contributed by atoms with Gasteiger partial charge in [0, 0.05) is 32.2 Å². The Balaban J connectivity index is 1.46. The Kier molecular flexibility index (Phi) is 7.57. The lowest BCUT2D eigenvalue weighted by Gasteiger charge is -2.38. The summed E-state index contributed by atoms with van der Waals surface area (Å²) in [5.74, 6) is 2.38. The minimum absolute atomic E-state index is 0.134. The minimum Gasteiger partial charge on any atom is -0.497 e. The number of methoxy groups -OCH3 is 2. The van der Waals surface area contributed by atoms with Crippen molar-refractivity contribution < 1.29 is 19.0 Å². The molecule has 2 aromatic rings. The van der Waals surface area contributed by atoms with E-state index in [0.717, 1.165) is 37.5 Å². The lowest BCUT2D eigenvalue weighted by Crippen LogP contribution is -2.49. The summed E-state index contributed by atoms with van der Waals surface area (Å²) in [7, 11) is 3.31. The van der Waals surface area contributed by atoms with Gasteiger partial charge in [-0.25, -0.2) is 0 Å². The maximum Gasteiger partial charge on any atom is 0.226 e. The van der Waals surface area contributed by atoms with E-state index in [0.29, 0.717) is 24.5 Å². The highest BCUT2D eigenvalue weighted by Gasteiger charge is 2.25. The summed E-state index contributed by atoms with van der Waals surface area (Å²) in [5.41, 5.74) is 2.34. The molecular formula is C24H32N2O4. The predicted molar refractivity (Wildman–Crippen MR) is 117 cm³/mol. The highest BCUT2D eigenvalue weighted by Crippen LogP contribution is 2.28. The first-order valence-electron chi connectivity index (χ1n) is 10.4. The van der Waals surface area contributed by atoms with Crippen molar-refractivity contribution in [2.75, 3.05) is 47.0 Å². The van der Waals surface area contributed by atoms with Gasteiger partial charge in [-0.2, -0.15) is 0 Å². The molecule has 1 heterocycles. The van der Waals surface area contributed by atoms with Crippen LogP contribution >= 0.6 is 0 Å². The van der Waals surface area contributed by atoms with Crippen LogP contribution in [0, 0.1) is 6.92 Å². The van der Waals surface area contributed by atoms with Crippen LogP contribution in [0.3, 0.4) is 0 Å². The standard InChI is InChI=1S/C24H32N2O4/c1-18-8-9-22(23(16-18)29-4)30-15-10-24(27)26-13-11-25(12-14-26)19(2)20-6-5-7-21(17-20)28-3/h5-9,16-17,19H,10-15H2,1-4H3. The molecule has 1 saturated heterocycles. The van der Waals surface area contributed by atoms with Crippen LogP contribution in [0.5, 0.6) is 17.2 Å². The van der Waals surface area contributed by atoms with E-state index in [1.165, 1.54) is 5.56 Å². The summed E-state index contributed by atoms with van der Waals surface area (Å²) in [6.45, 7) is 7.74. The molecule has 1 unspecified atom stereocenters. The smallest absolute Gasteiger partial charge is 0.226 e. The molecule has 3 rings (SSSR count). The topological polar surface area (TPSA) is 51.2 Å². The van der Waals surface area contributed by atoms with Crippen LogP contribution in [0.2, 0.25) is 0 Å². The van der Waals surface area contributed by atoms with Crippen molar-refractivity contribution in [1.82, 2.24) is 9.80 Å². The van der Waals surface area contributed by atoms with E-state index in [9.17, 15) is 4.79 Å². The second-order valence-corrected chi connectivity index (χ2v) is 7.62. The maximum atomic E-state index is 12.6. The summed E-state index contributed by atoms with van der Waals surface area (Å²) in [4.78, 5) is 17.0. The second-order valence-electron chi connectivity index (χ2n) is 7.62. The van der Waals surface area contributed by atoms with E-state index in [1.54, 1.807) is 14.2 Å². The lowest BCUT2D eigenvalue weighted by molar-refractivity contribution is -0.133. The van der Waals surface area contributed by atoms with Crippen molar-refractivity contribution in [1.29, 1.82) is 0 Å². The van der Waals surface area contributed by atoms with Gasteiger partial charge in [0.05, 0.1) is 27.2 Å². The van der Waals surface area contributed by atoms with Crippen LogP contribution in [0.15, 0.2) is 42.5 Å². The van der Waals surface area contributed by atoms with Gasteiger partial charge < -0.3 is 19.1 Å². The number of aryl methyl sites for hydroxylation is 1. The largest absolute Gasteiger partial charge is 0.497 e. The molecule has 0 radical (unpaired) electrons. The normalized spacial score (nSPS) is 15.5. The molecule has 1 fully saturated rings. The molecule has 1 aliphatic rings. The molecule has 0 saturated carbocycles. The first-order chi connectivity index (χ1) is 14.5. The highest BCUT2D eigenvalue weighted by atomic mass is 16.5. The average molecular weight is 413 g/mol. The van der Waals surface area contributed by atoms with Gasteiger partial charge in [-0.05, 0) is 49.2 Å². The first kappa shape index (κ1) is 22.0. The Morgan fingerprint density at radius 1 is 1.00 bits per heavy atom. The van der Waals surface area contributed by atoms with E-state index in [-0.39, 0.29) is 11.9 Å². The second kappa shape index (κ2) is 10.3. The Bertz CT molecular complexity index is 847. The number of hydrogen-bond donors (Lipinski definition) is 0. The molecule has 6 nitrogen and oxygen atoms in total. The molecule has 2 aromatic carbocycles. The number of carbonyl (C=O) groups excluding carboxylic acids is 1. The van der Waals surface area contributed by atoms with Crippen LogP contribution < -0.4 is 14.2 Å². The zero-order valence-electron chi connectivity index (χ0n) is 18.4. The number of benzene rings is 2. The quantitative estimate of drug-likeness (QED) is 0.662. The molecule has 0 aliphatic carbocycles. The molecule has 0 N–H and O–H groups in total. The third kappa shape index (κ3) is 5.45. The predicted octanol–water partition coefficient (Wildman–Crippen LogP) is 3.69. The summed E-state index contributed by atoms with van der Waals surface area (Å²) >= 11 is 0. The molecule has 0 spiro atoms. The van der Waals surface area contributed by atoms with Gasteiger partial charge in [-0.1, -0.05) is 18.2 Å². The Hall–Kier alpha value is -2.73. The van der Waals surface area contributed by atoms with E-state index in [4.69, 9.17) is 14.2 Å². The number of carbonyl (C=O) groups is 1. The molecule has 6 heteroatoms. The fourth-order valence-electron chi connectivity index (χ4n) is 3.77. The lowest BCUT2D eigenvalue weighted by atomic mass is 10.1. The van der Waals surface area contributed by atoms with E-state index < -0.39 is 0 Å². The fourth-order valence-corrected chi connectivity index (χ4v) is 3.77. The molecule has 0 aromatic heterocycles. The van der Waals surface area contributed by atoms with Crippen LogP contribution in [-0.4, -0.2) is 62.7 Å². The van der Waals surface area contributed by atoms with Crippen LogP contribution in [0.1, 0.15) is 30.5 Å². The maximum absolute atomic E-state index is 12.6. The zero-order chi connectivity index (χ0) is 21.5. The van der Waals surface area contributed by atoms with Gasteiger partial charge >= 0.3 is 0 Å². The average Bonchev–Trinajstić information content (AvgIpc) is 2.79. The van der Waals surface area contributed by atoms with E-state index >= 15 is 0 Å². The van der Waals surface area contributed by atoms with Crippen LogP contribution in [-0.2, 0) is 4.79 Å². The highest BCUT2D eigenvalue weighted by molar-refractivity contribution is 5.76. The molecule has 1 aliphatic heterocycles. The molecule has 0 bridgehead atoms. The Morgan fingerprint density at radius 3 is 2.47 bits per heavy atom. The number of piperazine rings is 1. The SMILES string of the molecule is COc1cccc(C(C)N2CCN(C(=O)CCOc3ccc(C)cc3OC)CC2)c1. The van der Waals surface area contributed by atoms with Gasteiger partial charge in [0.2, 0.25) is 5.91 Å². The number of nitrogens with zero attached hydrogens (tertiary/aromatic N) is 2. The summed E-state index contributed by atoms with van der Waals surface area (Å²) < 4.78 is 16.5. The van der Waals surface area contributed by atoms with Crippen molar-refractivity contribution in [3.05, 3.63) is 53.6 Å². The van der Waals surface area contributed by atoms with Crippen LogP contribution in [0.4, 0.5) is 0 Å². The molecule has 30 heavy (non-hydrogen) atoms. The zero-order valence-corrected chi connectivity index (χ0v) is 18.4. The third-order valence-corrected chi connectivity index (χ3v) is 5.68. The van der Waals surface area contributed by atoms with Crippen molar-refractivity contribution in [2.24, 2.45) is 0 Å². The summed E-state index contributed by atoms with van der Waals surface area (Å²) in [6, 6.07) is 14.3. The van der Waals surface area contributed by atoms with E-state index in [2.05, 4.69) is 24.0 Å². The van der Waals surface area contributed by atoms with Crippen molar-refractivity contribution in [3.8, 4) is 17.2 Å². The fraction of sp³-hybridized carbons (Fsp3) is 0.458. The summed E-state index contributed by atoms with van der Waals surface area (Å²) in [6.07, 6.45) is 0.364. The van der Waals surface area contributed by atoms with Crippen LogP contribution in [0.25, 0.3) is 0 Å². The first-order valence-corrected chi connectivity index (χ1v) is 10.4. The molecular weight excluding hydrogens is 380 g/mol. The monoisotopic (exact) mass is 412 g/mol. The Labute approximate surface area is 179 Å².